The third-order valence-electron chi connectivity index (χ3n) is 6.71. The van der Waals surface area contributed by atoms with Crippen LogP contribution in [-0.4, -0.2) is 29.2 Å². The third kappa shape index (κ3) is 4.38. The zero-order valence-corrected chi connectivity index (χ0v) is 22.2. The molecule has 3 heterocycles. The van der Waals surface area contributed by atoms with Crippen LogP contribution in [0.15, 0.2) is 100 Å². The summed E-state index contributed by atoms with van der Waals surface area (Å²) in [6.45, 7) is 1.96. The van der Waals surface area contributed by atoms with Gasteiger partial charge < -0.3 is 14.5 Å². The molecule has 7 nitrogen and oxygen atoms in total. The zero-order valence-electron chi connectivity index (χ0n) is 21.4. The molecule has 3 aromatic carbocycles. The molecule has 5 aromatic rings. The lowest BCUT2D eigenvalue weighted by atomic mass is 9.93. The third-order valence-corrected chi connectivity index (χ3v) is 7.70. The second-order valence-electron chi connectivity index (χ2n) is 8.99. The second kappa shape index (κ2) is 10.2. The van der Waals surface area contributed by atoms with Gasteiger partial charge in [-0.1, -0.05) is 72.0 Å². The number of thiazole rings is 1. The average molecular weight is 536 g/mol. The van der Waals surface area contributed by atoms with Gasteiger partial charge in [-0.25, -0.2) is 9.79 Å². The molecule has 2 aromatic heterocycles. The highest BCUT2D eigenvalue weighted by Crippen LogP contribution is 2.35. The highest BCUT2D eigenvalue weighted by molar-refractivity contribution is 7.07. The Kier molecular flexibility index (Phi) is 6.46. The van der Waals surface area contributed by atoms with Gasteiger partial charge in [-0.3, -0.25) is 9.36 Å². The topological polar surface area (TPSA) is 85.7 Å². The van der Waals surface area contributed by atoms with E-state index >= 15 is 0 Å². The van der Waals surface area contributed by atoms with Crippen LogP contribution in [0.3, 0.4) is 0 Å². The van der Waals surface area contributed by atoms with E-state index in [1.165, 1.54) is 11.3 Å². The van der Waals surface area contributed by atoms with Crippen LogP contribution in [0.5, 0.6) is 5.75 Å². The largest absolute Gasteiger partial charge is 0.497 e. The van der Waals surface area contributed by atoms with Gasteiger partial charge in [0.05, 0.1) is 35.6 Å². The lowest BCUT2D eigenvalue weighted by Gasteiger charge is -2.26. The van der Waals surface area contributed by atoms with Crippen molar-refractivity contribution < 1.29 is 14.3 Å². The van der Waals surface area contributed by atoms with E-state index in [0.29, 0.717) is 26.4 Å². The number of esters is 1. The first-order valence-corrected chi connectivity index (χ1v) is 13.4. The highest BCUT2D eigenvalue weighted by Gasteiger charge is 2.35. The summed E-state index contributed by atoms with van der Waals surface area (Å²) < 4.78 is 13.0. The second-order valence-corrected chi connectivity index (χ2v) is 10.0. The van der Waals surface area contributed by atoms with Crippen LogP contribution >= 0.6 is 11.3 Å². The predicted octanol–water partition coefficient (Wildman–Crippen LogP) is 4.43. The molecule has 0 fully saturated rings. The van der Waals surface area contributed by atoms with E-state index < -0.39 is 12.0 Å². The molecule has 39 heavy (non-hydrogen) atoms. The van der Waals surface area contributed by atoms with Gasteiger partial charge in [-0.2, -0.15) is 0 Å². The molecule has 1 unspecified atom stereocenters. The molecule has 0 bridgehead atoms. The normalized spacial score (nSPS) is 15.2. The van der Waals surface area contributed by atoms with Crippen molar-refractivity contribution in [1.29, 1.82) is 0 Å². The maximum absolute atomic E-state index is 14.0. The summed E-state index contributed by atoms with van der Waals surface area (Å²) in [4.78, 5) is 36.2. The summed E-state index contributed by atoms with van der Waals surface area (Å²) >= 11 is 1.30. The van der Waals surface area contributed by atoms with Crippen LogP contribution in [0.2, 0.25) is 0 Å². The van der Waals surface area contributed by atoms with Gasteiger partial charge in [-0.05, 0) is 36.8 Å². The molecule has 1 aliphatic heterocycles. The van der Waals surface area contributed by atoms with Crippen molar-refractivity contribution in [3.8, 4) is 5.75 Å². The van der Waals surface area contributed by atoms with Crippen LogP contribution in [0.1, 0.15) is 29.7 Å². The molecule has 8 heteroatoms. The Morgan fingerprint density at radius 1 is 1.05 bits per heavy atom. The smallest absolute Gasteiger partial charge is 0.338 e. The van der Waals surface area contributed by atoms with Crippen molar-refractivity contribution in [1.82, 2.24) is 9.55 Å². The standard InChI is InChI=1S/C31H25N3O4S/c1-3-38-30(36)26-27(19-9-5-4-6-10-19)33-31-34(28(26)20-13-15-22(37-2)16-14-20)29(35)25(39-31)17-21-18-32-24-12-8-7-11-23(21)24/h4-18,28,32H,3H2,1-2H3/b25-17+. The fourth-order valence-corrected chi connectivity index (χ4v) is 5.89. The number of benzene rings is 3. The van der Waals surface area contributed by atoms with Crippen LogP contribution < -0.4 is 19.6 Å². The van der Waals surface area contributed by atoms with Crippen molar-refractivity contribution in [2.75, 3.05) is 13.7 Å². The number of methoxy groups -OCH3 is 1. The van der Waals surface area contributed by atoms with Gasteiger partial charge >= 0.3 is 5.97 Å². The van der Waals surface area contributed by atoms with E-state index in [2.05, 4.69) is 4.98 Å². The summed E-state index contributed by atoms with van der Waals surface area (Å²) in [5.41, 5.74) is 4.01. The Balaban J connectivity index is 1.64. The number of H-pyrrole nitrogens is 1. The van der Waals surface area contributed by atoms with E-state index in [0.717, 1.165) is 27.6 Å². The van der Waals surface area contributed by atoms with E-state index in [4.69, 9.17) is 14.5 Å². The Labute approximate surface area is 228 Å². The molecule has 1 N–H and O–H groups in total. The number of para-hydroxylation sites is 1. The first-order chi connectivity index (χ1) is 19.1. The van der Waals surface area contributed by atoms with Gasteiger partial charge in [0.2, 0.25) is 0 Å². The number of carbonyl (C=O) groups excluding carboxylic acids is 1. The minimum Gasteiger partial charge on any atom is -0.497 e. The minimum atomic E-state index is -0.730. The molecule has 0 amide bonds. The molecule has 0 saturated heterocycles. The SMILES string of the molecule is CCOC(=O)C1=C(c2ccccc2)N=c2s/c(=C/c3c[nH]c4ccccc34)c(=O)n2C1c1ccc(OC)cc1. The van der Waals surface area contributed by atoms with E-state index in [1.54, 1.807) is 18.6 Å². The van der Waals surface area contributed by atoms with Crippen molar-refractivity contribution in [2.24, 2.45) is 4.99 Å². The quantitative estimate of drug-likeness (QED) is 0.326. The zero-order chi connectivity index (χ0) is 26.9. The lowest BCUT2D eigenvalue weighted by molar-refractivity contribution is -0.138. The first-order valence-electron chi connectivity index (χ1n) is 12.6. The molecular weight excluding hydrogens is 510 g/mol. The van der Waals surface area contributed by atoms with Crippen LogP contribution in [0.4, 0.5) is 0 Å². The van der Waals surface area contributed by atoms with Crippen molar-refractivity contribution in [3.63, 3.8) is 0 Å². The maximum atomic E-state index is 14.0. The number of carbonyl (C=O) groups is 1. The molecule has 1 aliphatic rings. The first kappa shape index (κ1) is 24.6. The summed E-state index contributed by atoms with van der Waals surface area (Å²) in [5.74, 6) is 0.169. The molecular formula is C31H25N3O4S. The Morgan fingerprint density at radius 3 is 2.54 bits per heavy atom. The van der Waals surface area contributed by atoms with Gasteiger partial charge in [0.25, 0.3) is 5.56 Å². The number of rotatable bonds is 6. The highest BCUT2D eigenvalue weighted by atomic mass is 32.1. The lowest BCUT2D eigenvalue weighted by Crippen LogP contribution is -2.40. The number of fused-ring (bicyclic) bond motifs is 2. The number of hydrogen-bond acceptors (Lipinski definition) is 6. The molecule has 0 radical (unpaired) electrons. The summed E-state index contributed by atoms with van der Waals surface area (Å²) in [6.07, 6.45) is 3.77. The average Bonchev–Trinajstić information content (AvgIpc) is 3.53. The molecule has 0 saturated carbocycles. The van der Waals surface area contributed by atoms with Gasteiger partial charge in [-0.15, -0.1) is 0 Å². The number of nitrogens with one attached hydrogen (secondary N) is 1. The molecule has 0 aliphatic carbocycles. The number of ether oxygens (including phenoxy) is 2. The van der Waals surface area contributed by atoms with E-state index in [-0.39, 0.29) is 12.2 Å². The molecule has 0 spiro atoms. The van der Waals surface area contributed by atoms with Crippen LogP contribution in [-0.2, 0) is 9.53 Å². The van der Waals surface area contributed by atoms with Crippen molar-refractivity contribution in [3.05, 3.63) is 127 Å². The maximum Gasteiger partial charge on any atom is 0.338 e. The summed E-state index contributed by atoms with van der Waals surface area (Å²) in [7, 11) is 1.60. The number of nitrogens with zero attached hydrogens (tertiary/aromatic N) is 2. The fraction of sp³-hybridized carbons (Fsp3) is 0.129. The minimum absolute atomic E-state index is 0.199. The molecule has 1 atom stereocenters. The number of aromatic nitrogens is 2. The summed E-state index contributed by atoms with van der Waals surface area (Å²) in [5, 5.41) is 1.02. The van der Waals surface area contributed by atoms with Gasteiger partial charge in [0.1, 0.15) is 5.75 Å². The van der Waals surface area contributed by atoms with Crippen LogP contribution in [0.25, 0.3) is 22.7 Å². The molecule has 6 rings (SSSR count). The van der Waals surface area contributed by atoms with Gasteiger partial charge in [0.15, 0.2) is 4.80 Å². The van der Waals surface area contributed by atoms with Crippen molar-refractivity contribution in [2.45, 2.75) is 13.0 Å². The number of hydrogen-bond donors (Lipinski definition) is 1. The van der Waals surface area contributed by atoms with Gasteiger partial charge in [0, 0.05) is 28.2 Å². The van der Waals surface area contributed by atoms with E-state index in [9.17, 15) is 9.59 Å². The molecule has 194 valence electrons. The fourth-order valence-electron chi connectivity index (χ4n) is 4.90. The number of aromatic amines is 1. The monoisotopic (exact) mass is 535 g/mol. The Bertz CT molecular complexity index is 1900. The van der Waals surface area contributed by atoms with Crippen LogP contribution in [0, 0.1) is 0 Å². The van der Waals surface area contributed by atoms with Crippen molar-refractivity contribution >= 4 is 40.0 Å². The predicted molar refractivity (Wildman–Crippen MR) is 152 cm³/mol. The Morgan fingerprint density at radius 2 is 1.79 bits per heavy atom. The summed E-state index contributed by atoms with van der Waals surface area (Å²) in [6, 6.07) is 24.1. The van der Waals surface area contributed by atoms with E-state index in [1.807, 2.05) is 91.1 Å². The Hall–Kier alpha value is -4.69.